The molecular weight excluding hydrogens is 242 g/mol. The summed E-state index contributed by atoms with van der Waals surface area (Å²) < 4.78 is 1.88. The number of imidazole rings is 1. The number of nitrogen functional groups attached to an aromatic ring is 1. The number of benzene rings is 1. The molecule has 0 aliphatic rings. The third kappa shape index (κ3) is 3.25. The van der Waals surface area contributed by atoms with E-state index >= 15 is 0 Å². The summed E-state index contributed by atoms with van der Waals surface area (Å²) in [5.41, 5.74) is 6.97. The van der Waals surface area contributed by atoms with E-state index in [0.717, 1.165) is 5.82 Å². The van der Waals surface area contributed by atoms with E-state index in [9.17, 15) is 4.79 Å². The van der Waals surface area contributed by atoms with Crippen LogP contribution in [0.1, 0.15) is 5.82 Å². The van der Waals surface area contributed by atoms with Crippen LogP contribution in [-0.4, -0.2) is 27.5 Å². The van der Waals surface area contributed by atoms with Crippen molar-refractivity contribution < 1.29 is 4.79 Å². The molecule has 2 aromatic rings. The van der Waals surface area contributed by atoms with Crippen LogP contribution >= 0.6 is 0 Å². The number of nitrogens with two attached hydrogens (primary N) is 1. The molecule has 0 bridgehead atoms. The highest BCUT2D eigenvalue weighted by molar-refractivity contribution is 5.89. The fourth-order valence-corrected chi connectivity index (χ4v) is 1.62. The average Bonchev–Trinajstić information content (AvgIpc) is 2.78. The Kier molecular flexibility index (Phi) is 3.70. The van der Waals surface area contributed by atoms with E-state index in [1.54, 1.807) is 42.4 Å². The molecule has 1 aromatic heterocycles. The molecule has 3 N–H and O–H groups in total. The predicted octanol–water partition coefficient (Wildman–Crippen LogP) is 1.67. The number of anilines is 2. The third-order valence-corrected chi connectivity index (χ3v) is 2.81. The van der Waals surface area contributed by atoms with Gasteiger partial charge in [0.25, 0.3) is 0 Å². The van der Waals surface area contributed by atoms with Crippen LogP contribution in [0.2, 0.25) is 0 Å². The lowest BCUT2D eigenvalue weighted by Crippen LogP contribution is -2.31. The van der Waals surface area contributed by atoms with Gasteiger partial charge in [-0.25, -0.2) is 9.78 Å². The van der Waals surface area contributed by atoms with Gasteiger partial charge in [0.2, 0.25) is 0 Å². The van der Waals surface area contributed by atoms with E-state index in [1.165, 1.54) is 0 Å². The zero-order chi connectivity index (χ0) is 13.8. The number of hydrogen-bond donors (Lipinski definition) is 2. The van der Waals surface area contributed by atoms with Crippen molar-refractivity contribution in [3.63, 3.8) is 0 Å². The maximum absolute atomic E-state index is 12.0. The van der Waals surface area contributed by atoms with Crippen LogP contribution in [0.5, 0.6) is 0 Å². The maximum Gasteiger partial charge on any atom is 0.321 e. The van der Waals surface area contributed by atoms with Crippen molar-refractivity contribution >= 4 is 17.4 Å². The smallest absolute Gasteiger partial charge is 0.321 e. The zero-order valence-corrected chi connectivity index (χ0v) is 11.0. The van der Waals surface area contributed by atoms with E-state index in [0.29, 0.717) is 17.9 Å². The Morgan fingerprint density at radius 2 is 2.11 bits per heavy atom. The van der Waals surface area contributed by atoms with Gasteiger partial charge in [-0.3, -0.25) is 0 Å². The molecule has 0 saturated carbocycles. The number of nitrogens with zero attached hydrogens (tertiary/aromatic N) is 3. The number of hydrogen-bond acceptors (Lipinski definition) is 3. The maximum atomic E-state index is 12.0. The monoisotopic (exact) mass is 259 g/mol. The molecule has 1 aromatic carbocycles. The lowest BCUT2D eigenvalue weighted by atomic mass is 10.3. The van der Waals surface area contributed by atoms with Gasteiger partial charge in [-0.1, -0.05) is 0 Å². The van der Waals surface area contributed by atoms with Gasteiger partial charge in [0.15, 0.2) is 0 Å². The summed E-state index contributed by atoms with van der Waals surface area (Å²) in [5, 5.41) is 2.80. The Balaban J connectivity index is 1.96. The van der Waals surface area contributed by atoms with Crippen molar-refractivity contribution in [1.29, 1.82) is 0 Å². The van der Waals surface area contributed by atoms with Gasteiger partial charge in [0, 0.05) is 37.9 Å². The Hall–Kier alpha value is -2.50. The van der Waals surface area contributed by atoms with Gasteiger partial charge in [0.1, 0.15) is 5.82 Å². The highest BCUT2D eigenvalue weighted by Crippen LogP contribution is 2.11. The molecule has 6 heteroatoms. The molecule has 6 nitrogen and oxygen atoms in total. The summed E-state index contributed by atoms with van der Waals surface area (Å²) >= 11 is 0. The fraction of sp³-hybridized carbons (Fsp3) is 0.231. The van der Waals surface area contributed by atoms with Crippen molar-refractivity contribution in [2.45, 2.75) is 6.54 Å². The summed E-state index contributed by atoms with van der Waals surface area (Å²) in [6.45, 7) is 0.449. The average molecular weight is 259 g/mol. The number of urea groups is 1. The summed E-state index contributed by atoms with van der Waals surface area (Å²) in [6, 6.07) is 6.83. The number of rotatable bonds is 3. The summed E-state index contributed by atoms with van der Waals surface area (Å²) in [4.78, 5) is 17.7. The summed E-state index contributed by atoms with van der Waals surface area (Å²) in [5.74, 6) is 0.829. The quantitative estimate of drug-likeness (QED) is 0.823. The lowest BCUT2D eigenvalue weighted by Gasteiger charge is -2.17. The van der Waals surface area contributed by atoms with Crippen LogP contribution in [0.15, 0.2) is 36.7 Å². The molecule has 0 aliphatic carbocycles. The highest BCUT2D eigenvalue weighted by Gasteiger charge is 2.11. The molecule has 100 valence electrons. The SMILES string of the molecule is CN(Cc1nccn1C)C(=O)Nc1ccc(N)cc1. The van der Waals surface area contributed by atoms with Crippen LogP contribution < -0.4 is 11.1 Å². The van der Waals surface area contributed by atoms with E-state index in [-0.39, 0.29) is 6.03 Å². The van der Waals surface area contributed by atoms with Crippen molar-refractivity contribution in [1.82, 2.24) is 14.5 Å². The minimum atomic E-state index is -0.187. The zero-order valence-electron chi connectivity index (χ0n) is 11.0. The van der Waals surface area contributed by atoms with Crippen LogP contribution in [0, 0.1) is 0 Å². The van der Waals surface area contributed by atoms with E-state index in [4.69, 9.17) is 5.73 Å². The fourth-order valence-electron chi connectivity index (χ4n) is 1.62. The van der Waals surface area contributed by atoms with Gasteiger partial charge in [-0.15, -0.1) is 0 Å². The van der Waals surface area contributed by atoms with Crippen molar-refractivity contribution in [3.8, 4) is 0 Å². The first kappa shape index (κ1) is 12.9. The summed E-state index contributed by atoms with van der Waals surface area (Å²) in [7, 11) is 3.62. The molecule has 1 heterocycles. The van der Waals surface area contributed by atoms with Crippen LogP contribution in [0.3, 0.4) is 0 Å². The first-order valence-electron chi connectivity index (χ1n) is 5.90. The predicted molar refractivity (Wildman–Crippen MR) is 74.5 cm³/mol. The number of carbonyl (C=O) groups excluding carboxylic acids is 1. The van der Waals surface area contributed by atoms with Gasteiger partial charge in [-0.2, -0.15) is 0 Å². The second-order valence-electron chi connectivity index (χ2n) is 4.36. The Labute approximate surface area is 111 Å². The Morgan fingerprint density at radius 3 is 2.68 bits per heavy atom. The molecule has 2 rings (SSSR count). The third-order valence-electron chi connectivity index (χ3n) is 2.81. The van der Waals surface area contributed by atoms with Crippen molar-refractivity contribution in [2.75, 3.05) is 18.1 Å². The lowest BCUT2D eigenvalue weighted by molar-refractivity contribution is 0.219. The molecule has 0 saturated heterocycles. The number of nitrogens with one attached hydrogen (secondary N) is 1. The molecule has 0 radical (unpaired) electrons. The molecule has 19 heavy (non-hydrogen) atoms. The number of amides is 2. The Morgan fingerprint density at radius 1 is 1.42 bits per heavy atom. The van der Waals surface area contributed by atoms with E-state index in [1.807, 2.05) is 17.8 Å². The van der Waals surface area contributed by atoms with Crippen molar-refractivity contribution in [3.05, 3.63) is 42.5 Å². The number of carbonyl (C=O) groups is 1. The van der Waals surface area contributed by atoms with Gasteiger partial charge >= 0.3 is 6.03 Å². The topological polar surface area (TPSA) is 76.2 Å². The molecule has 0 spiro atoms. The molecule has 2 amide bonds. The molecule has 0 atom stereocenters. The first-order chi connectivity index (χ1) is 9.06. The van der Waals surface area contributed by atoms with Crippen molar-refractivity contribution in [2.24, 2.45) is 7.05 Å². The normalized spacial score (nSPS) is 10.2. The van der Waals surface area contributed by atoms with Gasteiger partial charge in [-0.05, 0) is 24.3 Å². The molecule has 0 fully saturated rings. The van der Waals surface area contributed by atoms with E-state index in [2.05, 4.69) is 10.3 Å². The Bertz CT molecular complexity index is 561. The van der Waals surface area contributed by atoms with Crippen LogP contribution in [0.25, 0.3) is 0 Å². The minimum Gasteiger partial charge on any atom is -0.399 e. The molecule has 0 unspecified atom stereocenters. The van der Waals surface area contributed by atoms with Crippen LogP contribution in [0.4, 0.5) is 16.2 Å². The standard InChI is InChI=1S/C13H17N5O/c1-17-8-7-15-12(17)9-18(2)13(19)16-11-5-3-10(14)4-6-11/h3-8H,9,14H2,1-2H3,(H,16,19). The van der Waals surface area contributed by atoms with E-state index < -0.39 is 0 Å². The highest BCUT2D eigenvalue weighted by atomic mass is 16.2. The minimum absolute atomic E-state index is 0.187. The van der Waals surface area contributed by atoms with Gasteiger partial charge in [0.05, 0.1) is 6.54 Å². The second kappa shape index (κ2) is 5.43. The first-order valence-corrected chi connectivity index (χ1v) is 5.90. The second-order valence-corrected chi connectivity index (χ2v) is 4.36. The molecule has 0 aliphatic heterocycles. The van der Waals surface area contributed by atoms with Crippen LogP contribution in [-0.2, 0) is 13.6 Å². The summed E-state index contributed by atoms with van der Waals surface area (Å²) in [6.07, 6.45) is 3.56. The number of aryl methyl sites for hydroxylation is 1. The van der Waals surface area contributed by atoms with Gasteiger partial charge < -0.3 is 20.5 Å². The largest absolute Gasteiger partial charge is 0.399 e. The molecular formula is C13H17N5O. The number of aromatic nitrogens is 2.